The summed E-state index contributed by atoms with van der Waals surface area (Å²) >= 11 is 0. The van der Waals surface area contributed by atoms with E-state index in [9.17, 15) is 9.18 Å². The number of aromatic nitrogens is 2. The number of esters is 1. The predicted octanol–water partition coefficient (Wildman–Crippen LogP) is 4.64. The van der Waals surface area contributed by atoms with Gasteiger partial charge in [0.05, 0.1) is 30.6 Å². The second-order valence-electron chi connectivity index (χ2n) is 9.80. The van der Waals surface area contributed by atoms with E-state index < -0.39 is 11.8 Å². The molecule has 0 radical (unpaired) electrons. The first-order valence-electron chi connectivity index (χ1n) is 12.2. The lowest BCUT2D eigenvalue weighted by atomic mass is 9.80. The standard InChI is InChI=1S/C25H34FN3O3/c1-4-31-25(30)23-16(3)29(24-22(23)11-18(26)12-27-24)15(2)17-5-7-19(8-6-17)28-13-21(14-28)32-20-9-10-20/h11-12,15,17,19-21H,4-10,13-14H2,1-3H3. The Morgan fingerprint density at radius 3 is 2.56 bits per heavy atom. The molecule has 3 heterocycles. The summed E-state index contributed by atoms with van der Waals surface area (Å²) in [5.74, 6) is -0.341. The molecule has 3 fully saturated rings. The molecule has 0 spiro atoms. The molecule has 3 aliphatic rings. The van der Waals surface area contributed by atoms with Crippen molar-refractivity contribution < 1.29 is 18.7 Å². The van der Waals surface area contributed by atoms with E-state index in [4.69, 9.17) is 9.47 Å². The Labute approximate surface area is 189 Å². The van der Waals surface area contributed by atoms with Crippen molar-refractivity contribution in [2.45, 2.75) is 83.6 Å². The Morgan fingerprint density at radius 1 is 1.19 bits per heavy atom. The molecular formula is C25H34FN3O3. The maximum Gasteiger partial charge on any atom is 0.340 e. The summed E-state index contributed by atoms with van der Waals surface area (Å²) in [7, 11) is 0. The smallest absolute Gasteiger partial charge is 0.340 e. The fourth-order valence-corrected chi connectivity index (χ4v) is 5.73. The topological polar surface area (TPSA) is 56.6 Å². The number of likely N-dealkylation sites (tertiary alicyclic amines) is 1. The Kier molecular flexibility index (Phi) is 5.97. The minimum Gasteiger partial charge on any atom is -0.462 e. The van der Waals surface area contributed by atoms with Gasteiger partial charge in [0.25, 0.3) is 0 Å². The van der Waals surface area contributed by atoms with Crippen LogP contribution in [0.25, 0.3) is 11.0 Å². The first kappa shape index (κ1) is 21.8. The molecule has 0 aromatic carbocycles. The summed E-state index contributed by atoms with van der Waals surface area (Å²) in [6, 6.07) is 2.25. The van der Waals surface area contributed by atoms with Gasteiger partial charge in [0.1, 0.15) is 11.5 Å². The second kappa shape index (κ2) is 8.75. The van der Waals surface area contributed by atoms with Crippen LogP contribution >= 0.6 is 0 Å². The highest BCUT2D eigenvalue weighted by atomic mass is 19.1. The molecule has 0 amide bonds. The molecule has 6 nitrogen and oxygen atoms in total. The summed E-state index contributed by atoms with van der Waals surface area (Å²) in [5, 5.41) is 0.545. The minimum atomic E-state index is -0.438. The van der Waals surface area contributed by atoms with Gasteiger partial charge in [0.15, 0.2) is 0 Å². The number of hydrogen-bond donors (Lipinski definition) is 0. The number of fused-ring (bicyclic) bond motifs is 1. The van der Waals surface area contributed by atoms with E-state index in [1.807, 2.05) is 6.92 Å². The Balaban J connectivity index is 1.29. The maximum absolute atomic E-state index is 14.0. The van der Waals surface area contributed by atoms with Crippen molar-refractivity contribution in [3.8, 4) is 0 Å². The van der Waals surface area contributed by atoms with E-state index in [-0.39, 0.29) is 12.6 Å². The maximum atomic E-state index is 14.0. The van der Waals surface area contributed by atoms with Crippen molar-refractivity contribution in [2.24, 2.45) is 5.92 Å². The number of pyridine rings is 1. The van der Waals surface area contributed by atoms with Gasteiger partial charge in [-0.25, -0.2) is 14.2 Å². The SMILES string of the molecule is CCOC(=O)c1c(C)n(C(C)C2CCC(N3CC(OC4CC4)C3)CC2)c2ncc(F)cc12. The van der Waals surface area contributed by atoms with Gasteiger partial charge in [-0.15, -0.1) is 0 Å². The number of hydrogen-bond acceptors (Lipinski definition) is 5. The van der Waals surface area contributed by atoms with E-state index >= 15 is 0 Å². The molecule has 2 aromatic heterocycles. The van der Waals surface area contributed by atoms with Crippen molar-refractivity contribution in [2.75, 3.05) is 19.7 Å². The van der Waals surface area contributed by atoms with Crippen LogP contribution in [-0.4, -0.2) is 58.4 Å². The molecule has 5 rings (SSSR count). The molecule has 1 aliphatic heterocycles. The van der Waals surface area contributed by atoms with E-state index in [1.54, 1.807) is 6.92 Å². The van der Waals surface area contributed by atoms with Gasteiger partial charge in [-0.3, -0.25) is 4.90 Å². The normalized spacial score (nSPS) is 25.6. The summed E-state index contributed by atoms with van der Waals surface area (Å²) in [4.78, 5) is 19.6. The summed E-state index contributed by atoms with van der Waals surface area (Å²) in [5.41, 5.74) is 1.93. The molecule has 0 bridgehead atoms. The molecule has 1 unspecified atom stereocenters. The number of carbonyl (C=O) groups excluding carboxylic acids is 1. The van der Waals surface area contributed by atoms with E-state index in [2.05, 4.69) is 21.4 Å². The summed E-state index contributed by atoms with van der Waals surface area (Å²) in [6.45, 7) is 8.37. The monoisotopic (exact) mass is 443 g/mol. The quantitative estimate of drug-likeness (QED) is 0.584. The molecule has 2 saturated carbocycles. The number of carbonyl (C=O) groups is 1. The van der Waals surface area contributed by atoms with E-state index in [0.717, 1.165) is 31.6 Å². The van der Waals surface area contributed by atoms with Crippen molar-refractivity contribution in [1.29, 1.82) is 0 Å². The van der Waals surface area contributed by atoms with Gasteiger partial charge < -0.3 is 14.0 Å². The fraction of sp³-hybridized carbons (Fsp3) is 0.680. The van der Waals surface area contributed by atoms with Crippen LogP contribution in [0.2, 0.25) is 0 Å². The second-order valence-corrected chi connectivity index (χ2v) is 9.80. The number of halogens is 1. The van der Waals surface area contributed by atoms with Crippen LogP contribution in [0.3, 0.4) is 0 Å². The Hall–Kier alpha value is -1.99. The van der Waals surface area contributed by atoms with Crippen molar-refractivity contribution >= 4 is 17.0 Å². The molecule has 0 N–H and O–H groups in total. The van der Waals surface area contributed by atoms with Crippen LogP contribution in [0.5, 0.6) is 0 Å². The van der Waals surface area contributed by atoms with E-state index in [1.165, 1.54) is 37.9 Å². The third-order valence-corrected chi connectivity index (χ3v) is 7.67. The lowest BCUT2D eigenvalue weighted by molar-refractivity contribution is -0.0864. The zero-order valence-electron chi connectivity index (χ0n) is 19.3. The molecule has 1 atom stereocenters. The lowest BCUT2D eigenvalue weighted by Crippen LogP contribution is -2.57. The van der Waals surface area contributed by atoms with Crippen LogP contribution in [0.15, 0.2) is 12.3 Å². The van der Waals surface area contributed by atoms with Crippen LogP contribution in [0.1, 0.15) is 74.5 Å². The predicted molar refractivity (Wildman–Crippen MR) is 120 cm³/mol. The van der Waals surface area contributed by atoms with Gasteiger partial charge in [0, 0.05) is 36.3 Å². The number of rotatable bonds is 7. The molecule has 32 heavy (non-hydrogen) atoms. The van der Waals surface area contributed by atoms with Gasteiger partial charge in [-0.1, -0.05) is 0 Å². The highest BCUT2D eigenvalue weighted by molar-refractivity contribution is 6.05. The number of ether oxygens (including phenoxy) is 2. The average molecular weight is 444 g/mol. The third kappa shape index (κ3) is 4.05. The van der Waals surface area contributed by atoms with Gasteiger partial charge >= 0.3 is 5.97 Å². The first-order chi connectivity index (χ1) is 15.5. The Bertz CT molecular complexity index is 988. The number of nitrogens with zero attached hydrogens (tertiary/aromatic N) is 3. The summed E-state index contributed by atoms with van der Waals surface area (Å²) < 4.78 is 27.4. The van der Waals surface area contributed by atoms with Crippen molar-refractivity contribution in [3.05, 3.63) is 29.3 Å². The highest BCUT2D eigenvalue weighted by Gasteiger charge is 2.39. The molecule has 2 aliphatic carbocycles. The molecule has 2 aromatic rings. The molecular weight excluding hydrogens is 409 g/mol. The van der Waals surface area contributed by atoms with Crippen LogP contribution in [0, 0.1) is 18.7 Å². The largest absolute Gasteiger partial charge is 0.462 e. The molecule has 1 saturated heterocycles. The van der Waals surface area contributed by atoms with Crippen LogP contribution in [-0.2, 0) is 9.47 Å². The summed E-state index contributed by atoms with van der Waals surface area (Å²) in [6.07, 6.45) is 9.38. The fourth-order valence-electron chi connectivity index (χ4n) is 5.73. The van der Waals surface area contributed by atoms with Gasteiger partial charge in [0.2, 0.25) is 0 Å². The Morgan fingerprint density at radius 2 is 1.91 bits per heavy atom. The van der Waals surface area contributed by atoms with E-state index in [0.29, 0.717) is 40.8 Å². The van der Waals surface area contributed by atoms with Gasteiger partial charge in [-0.2, -0.15) is 0 Å². The zero-order valence-corrected chi connectivity index (χ0v) is 19.3. The molecule has 7 heteroatoms. The van der Waals surface area contributed by atoms with Gasteiger partial charge in [-0.05, 0) is 71.3 Å². The lowest BCUT2D eigenvalue weighted by Gasteiger charge is -2.47. The highest BCUT2D eigenvalue weighted by Crippen LogP contribution is 2.40. The van der Waals surface area contributed by atoms with Crippen molar-refractivity contribution in [1.82, 2.24) is 14.5 Å². The average Bonchev–Trinajstić information content (AvgIpc) is 3.52. The van der Waals surface area contributed by atoms with Crippen molar-refractivity contribution in [3.63, 3.8) is 0 Å². The van der Waals surface area contributed by atoms with Crippen LogP contribution < -0.4 is 0 Å². The zero-order chi connectivity index (χ0) is 22.4. The molecule has 174 valence electrons. The minimum absolute atomic E-state index is 0.182. The van der Waals surface area contributed by atoms with Crippen LogP contribution in [0.4, 0.5) is 4.39 Å². The third-order valence-electron chi connectivity index (χ3n) is 7.67. The first-order valence-corrected chi connectivity index (χ1v) is 12.2.